The van der Waals surface area contributed by atoms with Crippen molar-refractivity contribution in [2.75, 3.05) is 7.11 Å². The van der Waals surface area contributed by atoms with Crippen LogP contribution in [0.4, 0.5) is 0 Å². The number of fused-ring (bicyclic) bond motifs is 1. The van der Waals surface area contributed by atoms with Crippen LogP contribution in [0.5, 0.6) is 5.75 Å². The van der Waals surface area contributed by atoms with Crippen molar-refractivity contribution < 1.29 is 13.9 Å². The summed E-state index contributed by atoms with van der Waals surface area (Å²) in [6.07, 6.45) is 1.81. The minimum absolute atomic E-state index is 0.131. The van der Waals surface area contributed by atoms with Crippen LogP contribution in [0.3, 0.4) is 0 Å². The molecule has 4 heteroatoms. The Hall–Kier alpha value is -2.49. The van der Waals surface area contributed by atoms with Crippen LogP contribution >= 0.6 is 0 Å². The highest BCUT2D eigenvalue weighted by Gasteiger charge is 2.20. The van der Waals surface area contributed by atoms with E-state index in [1.165, 1.54) is 0 Å². The number of nitrogens with zero attached hydrogens (tertiary/aromatic N) is 1. The number of hydrogen-bond acceptors (Lipinski definition) is 3. The number of furan rings is 1. The monoisotopic (exact) mass is 269 g/mol. The topological polar surface area (TPSA) is 44.4 Å². The summed E-state index contributed by atoms with van der Waals surface area (Å²) in [6, 6.07) is 9.21. The summed E-state index contributed by atoms with van der Waals surface area (Å²) in [7, 11) is 3.51. The van der Waals surface area contributed by atoms with Crippen LogP contribution in [0.2, 0.25) is 0 Å². The van der Waals surface area contributed by atoms with Crippen molar-refractivity contribution >= 4 is 16.7 Å². The normalized spacial score (nSPS) is 10.9. The zero-order valence-electron chi connectivity index (χ0n) is 11.6. The van der Waals surface area contributed by atoms with E-state index in [1.807, 2.05) is 42.9 Å². The zero-order chi connectivity index (χ0) is 14.3. The summed E-state index contributed by atoms with van der Waals surface area (Å²) in [5, 5.41) is 0.816. The van der Waals surface area contributed by atoms with E-state index < -0.39 is 0 Å². The quantitative estimate of drug-likeness (QED) is 0.685. The van der Waals surface area contributed by atoms with Crippen molar-refractivity contribution in [3.05, 3.63) is 53.6 Å². The lowest BCUT2D eigenvalue weighted by atomic mass is 10.1. The molecule has 0 fully saturated rings. The highest BCUT2D eigenvalue weighted by molar-refractivity contribution is 6.16. The number of hydrogen-bond donors (Lipinski definition) is 0. The molecule has 2 aromatic heterocycles. The molecule has 0 bridgehead atoms. The maximum Gasteiger partial charge on any atom is 0.230 e. The van der Waals surface area contributed by atoms with Crippen molar-refractivity contribution in [3.8, 4) is 5.75 Å². The highest BCUT2D eigenvalue weighted by Crippen LogP contribution is 2.31. The van der Waals surface area contributed by atoms with Gasteiger partial charge in [0.15, 0.2) is 5.76 Å². The number of methoxy groups -OCH3 is 1. The van der Waals surface area contributed by atoms with E-state index in [1.54, 1.807) is 19.2 Å². The van der Waals surface area contributed by atoms with Gasteiger partial charge in [-0.25, -0.2) is 0 Å². The van der Waals surface area contributed by atoms with E-state index >= 15 is 0 Å². The molecule has 1 aromatic carbocycles. The maximum atomic E-state index is 12.6. The number of aromatic nitrogens is 1. The van der Waals surface area contributed by atoms with Gasteiger partial charge in [-0.1, -0.05) is 6.07 Å². The largest absolute Gasteiger partial charge is 0.496 e. The van der Waals surface area contributed by atoms with Crippen molar-refractivity contribution in [1.29, 1.82) is 0 Å². The van der Waals surface area contributed by atoms with Gasteiger partial charge in [0, 0.05) is 13.2 Å². The molecule has 0 aliphatic heterocycles. The number of carbonyl (C=O) groups is 1. The predicted molar refractivity (Wildman–Crippen MR) is 76.3 cm³/mol. The van der Waals surface area contributed by atoms with Crippen molar-refractivity contribution in [3.63, 3.8) is 0 Å². The van der Waals surface area contributed by atoms with Gasteiger partial charge < -0.3 is 13.7 Å². The van der Waals surface area contributed by atoms with E-state index in [2.05, 4.69) is 0 Å². The molecule has 0 aliphatic carbocycles. The molecule has 0 spiro atoms. The third-order valence-corrected chi connectivity index (χ3v) is 3.40. The fourth-order valence-corrected chi connectivity index (χ4v) is 2.44. The lowest BCUT2D eigenvalue weighted by Crippen LogP contribution is -1.99. The number of ether oxygens (including phenoxy) is 1. The van der Waals surface area contributed by atoms with Crippen LogP contribution in [-0.2, 0) is 7.05 Å². The van der Waals surface area contributed by atoms with Gasteiger partial charge in [-0.3, -0.25) is 4.79 Å². The van der Waals surface area contributed by atoms with Crippen molar-refractivity contribution in [2.24, 2.45) is 7.05 Å². The molecule has 0 N–H and O–H groups in total. The van der Waals surface area contributed by atoms with Gasteiger partial charge in [0.25, 0.3) is 0 Å². The first-order valence-corrected chi connectivity index (χ1v) is 6.35. The minimum Gasteiger partial charge on any atom is -0.496 e. The standard InChI is InChI=1S/C16H15NO3/c1-10-7-8-14(20-10)16(18)11-9-17(2)12-5-4-6-13(19-3)15(11)12/h4-9H,1-3H3. The summed E-state index contributed by atoms with van der Waals surface area (Å²) in [5.41, 5.74) is 1.55. The Bertz CT molecular complexity index is 795. The first-order chi connectivity index (χ1) is 9.61. The lowest BCUT2D eigenvalue weighted by molar-refractivity contribution is 0.101. The molecule has 102 valence electrons. The van der Waals surface area contributed by atoms with Gasteiger partial charge in [0.1, 0.15) is 11.5 Å². The predicted octanol–water partition coefficient (Wildman–Crippen LogP) is 3.32. The summed E-state index contributed by atoms with van der Waals surface area (Å²) >= 11 is 0. The van der Waals surface area contributed by atoms with Crippen LogP contribution in [0.15, 0.2) is 40.9 Å². The molecule has 4 nitrogen and oxygen atoms in total. The molecule has 0 saturated carbocycles. The molecule has 0 radical (unpaired) electrons. The first-order valence-electron chi connectivity index (χ1n) is 6.35. The number of carbonyl (C=O) groups excluding carboxylic acids is 1. The summed E-state index contributed by atoms with van der Waals surface area (Å²) in [5.74, 6) is 1.63. The van der Waals surface area contributed by atoms with Gasteiger partial charge in [-0.2, -0.15) is 0 Å². The fourth-order valence-electron chi connectivity index (χ4n) is 2.44. The molecular weight excluding hydrogens is 254 g/mol. The molecule has 2 heterocycles. The van der Waals surface area contributed by atoms with Crippen LogP contribution in [0, 0.1) is 6.92 Å². The lowest BCUT2D eigenvalue weighted by Gasteiger charge is -2.03. The second-order valence-electron chi connectivity index (χ2n) is 4.75. The Labute approximate surface area is 116 Å². The van der Waals surface area contributed by atoms with Crippen molar-refractivity contribution in [1.82, 2.24) is 4.57 Å². The number of ketones is 1. The number of rotatable bonds is 3. The Kier molecular flexibility index (Phi) is 2.86. The third kappa shape index (κ3) is 1.81. The second kappa shape index (κ2) is 4.56. The van der Waals surface area contributed by atoms with Gasteiger partial charge in [-0.15, -0.1) is 0 Å². The molecule has 0 aliphatic rings. The Morgan fingerprint density at radius 3 is 2.70 bits per heavy atom. The summed E-state index contributed by atoms with van der Waals surface area (Å²) < 4.78 is 12.7. The van der Waals surface area contributed by atoms with Gasteiger partial charge in [0.05, 0.1) is 23.6 Å². The van der Waals surface area contributed by atoms with E-state index in [-0.39, 0.29) is 5.78 Å². The molecule has 0 saturated heterocycles. The Balaban J connectivity index is 2.23. The van der Waals surface area contributed by atoms with E-state index in [0.717, 1.165) is 16.7 Å². The Morgan fingerprint density at radius 2 is 2.05 bits per heavy atom. The zero-order valence-corrected chi connectivity index (χ0v) is 11.6. The van der Waals surface area contributed by atoms with E-state index in [4.69, 9.17) is 9.15 Å². The van der Waals surface area contributed by atoms with Crippen LogP contribution < -0.4 is 4.74 Å². The molecule has 20 heavy (non-hydrogen) atoms. The average molecular weight is 269 g/mol. The molecule has 0 amide bonds. The first kappa shape index (κ1) is 12.5. The Morgan fingerprint density at radius 1 is 1.25 bits per heavy atom. The number of benzene rings is 1. The fraction of sp³-hybridized carbons (Fsp3) is 0.188. The van der Waals surface area contributed by atoms with Crippen LogP contribution in [0.25, 0.3) is 10.9 Å². The summed E-state index contributed by atoms with van der Waals surface area (Å²) in [4.78, 5) is 12.6. The molecule has 3 rings (SSSR count). The SMILES string of the molecule is COc1cccc2c1c(C(=O)c1ccc(C)o1)cn2C. The third-order valence-electron chi connectivity index (χ3n) is 3.40. The van der Waals surface area contributed by atoms with Crippen LogP contribution in [-0.4, -0.2) is 17.5 Å². The highest BCUT2D eigenvalue weighted by atomic mass is 16.5. The second-order valence-corrected chi connectivity index (χ2v) is 4.75. The van der Waals surface area contributed by atoms with Crippen LogP contribution in [0.1, 0.15) is 21.9 Å². The molecule has 0 unspecified atom stereocenters. The molecular formula is C16H15NO3. The molecule has 0 atom stereocenters. The van der Waals surface area contributed by atoms with Crippen molar-refractivity contribution in [2.45, 2.75) is 6.92 Å². The smallest absolute Gasteiger partial charge is 0.230 e. The van der Waals surface area contributed by atoms with Gasteiger partial charge in [0.2, 0.25) is 5.78 Å². The van der Waals surface area contributed by atoms with Gasteiger partial charge >= 0.3 is 0 Å². The average Bonchev–Trinajstić information content (AvgIpc) is 3.02. The maximum absolute atomic E-state index is 12.6. The molecule has 3 aromatic rings. The van der Waals surface area contributed by atoms with E-state index in [9.17, 15) is 4.79 Å². The van der Waals surface area contributed by atoms with Gasteiger partial charge in [-0.05, 0) is 31.2 Å². The summed E-state index contributed by atoms with van der Waals surface area (Å²) in [6.45, 7) is 1.82. The van der Waals surface area contributed by atoms with E-state index in [0.29, 0.717) is 17.1 Å². The number of aryl methyl sites for hydroxylation is 2. The minimum atomic E-state index is -0.131.